The molecule has 3 rings (SSSR count). The second-order valence-electron chi connectivity index (χ2n) is 7.74. The Hall–Kier alpha value is -3.65. The summed E-state index contributed by atoms with van der Waals surface area (Å²) >= 11 is 1.16. The van der Waals surface area contributed by atoms with Crippen LogP contribution in [0.5, 0.6) is 0 Å². The van der Waals surface area contributed by atoms with E-state index in [1.165, 1.54) is 24.3 Å². The third-order valence-corrected chi connectivity index (χ3v) is 5.94. The van der Waals surface area contributed by atoms with Gasteiger partial charge < -0.3 is 15.4 Å². The summed E-state index contributed by atoms with van der Waals surface area (Å²) < 4.78 is 18.2. The van der Waals surface area contributed by atoms with Crippen LogP contribution in [0, 0.1) is 26.6 Å². The van der Waals surface area contributed by atoms with E-state index in [-0.39, 0.29) is 17.2 Å². The largest absolute Gasteiger partial charge is 0.452 e. The molecule has 0 saturated carbocycles. The first-order valence-electron chi connectivity index (χ1n) is 10.5. The van der Waals surface area contributed by atoms with Crippen LogP contribution in [0.1, 0.15) is 27.0 Å². The number of thioether (sulfide) groups is 1. The first kappa shape index (κ1) is 25.0. The van der Waals surface area contributed by atoms with Crippen LogP contribution in [0.2, 0.25) is 0 Å². The molecular formula is C26H25FN2O4S. The molecule has 2 N–H and O–H groups in total. The lowest BCUT2D eigenvalue weighted by Crippen LogP contribution is -2.22. The van der Waals surface area contributed by atoms with Crippen molar-refractivity contribution in [1.82, 2.24) is 0 Å². The Morgan fingerprint density at radius 1 is 0.882 bits per heavy atom. The Labute approximate surface area is 201 Å². The summed E-state index contributed by atoms with van der Waals surface area (Å²) in [4.78, 5) is 37.7. The number of nitrogens with one attached hydrogen (secondary N) is 2. The van der Waals surface area contributed by atoms with Gasteiger partial charge in [-0.05, 0) is 68.3 Å². The van der Waals surface area contributed by atoms with E-state index in [0.717, 1.165) is 28.5 Å². The second-order valence-corrected chi connectivity index (χ2v) is 8.76. The smallest absolute Gasteiger partial charge is 0.339 e. The van der Waals surface area contributed by atoms with Gasteiger partial charge in [-0.1, -0.05) is 29.8 Å². The Balaban J connectivity index is 1.56. The number of anilines is 2. The molecule has 0 unspecified atom stereocenters. The summed E-state index contributed by atoms with van der Waals surface area (Å²) in [6, 6.07) is 16.1. The highest BCUT2D eigenvalue weighted by atomic mass is 32.2. The van der Waals surface area contributed by atoms with Crippen LogP contribution in [0.4, 0.5) is 15.8 Å². The molecular weight excluding hydrogens is 455 g/mol. The first-order chi connectivity index (χ1) is 16.2. The van der Waals surface area contributed by atoms with E-state index in [1.807, 2.05) is 32.9 Å². The molecule has 0 atom stereocenters. The van der Waals surface area contributed by atoms with Crippen molar-refractivity contribution in [2.45, 2.75) is 25.7 Å². The lowest BCUT2D eigenvalue weighted by molar-refractivity contribution is -0.119. The summed E-state index contributed by atoms with van der Waals surface area (Å²) in [5.74, 6) is -1.75. The molecule has 0 bridgehead atoms. The molecule has 0 aliphatic heterocycles. The molecule has 2 amide bonds. The fourth-order valence-corrected chi connectivity index (χ4v) is 4.24. The minimum Gasteiger partial charge on any atom is -0.452 e. The summed E-state index contributed by atoms with van der Waals surface area (Å²) in [5.41, 5.74) is 4.40. The molecule has 3 aromatic rings. The normalized spacial score (nSPS) is 10.5. The molecule has 0 heterocycles. The Bertz CT molecular complexity index is 1190. The number of carbonyl (C=O) groups is 3. The number of esters is 1. The van der Waals surface area contributed by atoms with Gasteiger partial charge in [-0.15, -0.1) is 11.8 Å². The molecule has 176 valence electrons. The fourth-order valence-electron chi connectivity index (χ4n) is 3.40. The molecule has 0 saturated heterocycles. The third-order valence-electron chi connectivity index (χ3n) is 4.87. The molecule has 6 nitrogen and oxygen atoms in total. The average molecular weight is 481 g/mol. The Kier molecular flexibility index (Phi) is 8.43. The van der Waals surface area contributed by atoms with E-state index in [4.69, 9.17) is 4.74 Å². The van der Waals surface area contributed by atoms with E-state index in [9.17, 15) is 18.8 Å². The highest BCUT2D eigenvalue weighted by Gasteiger charge is 2.16. The number of hydrogen-bond acceptors (Lipinski definition) is 5. The van der Waals surface area contributed by atoms with E-state index in [2.05, 4.69) is 10.6 Å². The molecule has 8 heteroatoms. The van der Waals surface area contributed by atoms with Crippen LogP contribution >= 0.6 is 11.8 Å². The molecule has 0 aromatic heterocycles. The van der Waals surface area contributed by atoms with Crippen LogP contribution < -0.4 is 10.6 Å². The van der Waals surface area contributed by atoms with Crippen LogP contribution in [0.3, 0.4) is 0 Å². The zero-order valence-corrected chi connectivity index (χ0v) is 19.9. The quantitative estimate of drug-likeness (QED) is 0.339. The topological polar surface area (TPSA) is 84.5 Å². The average Bonchev–Trinajstić information content (AvgIpc) is 2.80. The summed E-state index contributed by atoms with van der Waals surface area (Å²) in [5, 5.41) is 5.46. The van der Waals surface area contributed by atoms with Crippen molar-refractivity contribution in [1.29, 1.82) is 0 Å². The van der Waals surface area contributed by atoms with Crippen molar-refractivity contribution in [3.8, 4) is 0 Å². The third kappa shape index (κ3) is 6.92. The van der Waals surface area contributed by atoms with Gasteiger partial charge in [-0.25, -0.2) is 9.18 Å². The number of hydrogen-bond donors (Lipinski definition) is 2. The molecule has 0 spiro atoms. The molecule has 34 heavy (non-hydrogen) atoms. The summed E-state index contributed by atoms with van der Waals surface area (Å²) in [6.07, 6.45) is 0. The summed E-state index contributed by atoms with van der Waals surface area (Å²) in [7, 11) is 0. The van der Waals surface area contributed by atoms with Crippen LogP contribution in [0.15, 0.2) is 65.6 Å². The maximum atomic E-state index is 13.0. The van der Waals surface area contributed by atoms with Crippen LogP contribution in [-0.2, 0) is 14.3 Å². The number of benzene rings is 3. The van der Waals surface area contributed by atoms with Crippen molar-refractivity contribution in [2.75, 3.05) is 23.0 Å². The number of aryl methyl sites for hydroxylation is 3. The van der Waals surface area contributed by atoms with E-state index in [0.29, 0.717) is 16.3 Å². The van der Waals surface area contributed by atoms with Crippen molar-refractivity contribution in [3.05, 3.63) is 88.7 Å². The van der Waals surface area contributed by atoms with Gasteiger partial charge in [-0.3, -0.25) is 9.59 Å². The Morgan fingerprint density at radius 2 is 1.53 bits per heavy atom. The fraction of sp³-hybridized carbons (Fsp3) is 0.192. The van der Waals surface area contributed by atoms with Gasteiger partial charge in [0.05, 0.1) is 11.3 Å². The van der Waals surface area contributed by atoms with E-state index in [1.54, 1.807) is 24.3 Å². The van der Waals surface area contributed by atoms with Crippen molar-refractivity contribution in [2.24, 2.45) is 0 Å². The highest BCUT2D eigenvalue weighted by molar-refractivity contribution is 8.00. The maximum absolute atomic E-state index is 13.0. The molecule has 0 aliphatic rings. The van der Waals surface area contributed by atoms with Gasteiger partial charge >= 0.3 is 5.97 Å². The van der Waals surface area contributed by atoms with Crippen molar-refractivity contribution in [3.63, 3.8) is 0 Å². The lowest BCUT2D eigenvalue weighted by atomic mass is 10.1. The minimum atomic E-state index is -0.658. The predicted octanol–water partition coefficient (Wildman–Crippen LogP) is 5.28. The molecule has 0 fully saturated rings. The maximum Gasteiger partial charge on any atom is 0.339 e. The summed E-state index contributed by atoms with van der Waals surface area (Å²) in [6.45, 7) is 5.35. The van der Waals surface area contributed by atoms with Gasteiger partial charge in [0.2, 0.25) is 5.91 Å². The van der Waals surface area contributed by atoms with Gasteiger partial charge in [-0.2, -0.15) is 0 Å². The number of rotatable bonds is 8. The van der Waals surface area contributed by atoms with Gasteiger partial charge in [0.25, 0.3) is 5.91 Å². The van der Waals surface area contributed by atoms with Crippen LogP contribution in [0.25, 0.3) is 0 Å². The standard InChI is InChI=1S/C26H25FN2O4S/c1-16-12-17(2)25(18(3)13-16)29-23(30)14-33-26(32)21-6-4-5-7-22(21)34-15-24(31)28-20-10-8-19(27)9-11-20/h4-13H,14-15H2,1-3H3,(H,28,31)(H,29,30). The van der Waals surface area contributed by atoms with Crippen molar-refractivity contribution >= 4 is 40.9 Å². The van der Waals surface area contributed by atoms with Crippen molar-refractivity contribution < 1.29 is 23.5 Å². The zero-order valence-electron chi connectivity index (χ0n) is 19.1. The van der Waals surface area contributed by atoms with E-state index < -0.39 is 24.3 Å². The van der Waals surface area contributed by atoms with Crippen LogP contribution in [-0.4, -0.2) is 30.1 Å². The number of halogens is 1. The second kappa shape index (κ2) is 11.5. The van der Waals surface area contributed by atoms with Gasteiger partial charge in [0, 0.05) is 16.3 Å². The molecule has 3 aromatic carbocycles. The number of amides is 2. The molecule has 0 radical (unpaired) electrons. The SMILES string of the molecule is Cc1cc(C)c(NC(=O)COC(=O)c2ccccc2SCC(=O)Nc2ccc(F)cc2)c(C)c1. The van der Waals surface area contributed by atoms with Gasteiger partial charge in [0.1, 0.15) is 5.82 Å². The minimum absolute atomic E-state index is 0.0358. The highest BCUT2D eigenvalue weighted by Crippen LogP contribution is 2.24. The van der Waals surface area contributed by atoms with Gasteiger partial charge in [0.15, 0.2) is 6.61 Å². The lowest BCUT2D eigenvalue weighted by Gasteiger charge is -2.13. The zero-order chi connectivity index (χ0) is 24.7. The molecule has 0 aliphatic carbocycles. The van der Waals surface area contributed by atoms with E-state index >= 15 is 0 Å². The first-order valence-corrected chi connectivity index (χ1v) is 11.5. The Morgan fingerprint density at radius 3 is 2.21 bits per heavy atom. The monoisotopic (exact) mass is 480 g/mol. The number of carbonyl (C=O) groups excluding carboxylic acids is 3. The number of ether oxygens (including phenoxy) is 1. The predicted molar refractivity (Wildman–Crippen MR) is 132 cm³/mol.